The van der Waals surface area contributed by atoms with Gasteiger partial charge in [0.25, 0.3) is 0 Å². The highest BCUT2D eigenvalue weighted by molar-refractivity contribution is 7.39. The normalized spacial score (nSPS) is 13.6. The van der Waals surface area contributed by atoms with E-state index in [0.717, 1.165) is 25.7 Å². The number of hydrogen-bond donors (Lipinski definition) is 0. The summed E-state index contributed by atoms with van der Waals surface area (Å²) in [5.41, 5.74) is 0. The second-order valence-electron chi connectivity index (χ2n) is 16.9. The standard InChI is InChI=1S/C48H98O3P/c1-5-9-13-17-21-25-29-33-37-41-45-47(43-39-35-31-27-23-19-15-11-7-3)50-52(49)51-48(44-40-36-32-28-24-20-16-12-8-4)46-42-38-34-30-26-22-18-14-10-6-2/h47-48H,5-46H2,1-4H3/q-1. The molecule has 0 spiro atoms. The quantitative estimate of drug-likeness (QED) is 0.0459. The van der Waals surface area contributed by atoms with Crippen LogP contribution in [0.15, 0.2) is 0 Å². The molecule has 0 fully saturated rings. The van der Waals surface area contributed by atoms with Gasteiger partial charge in [-0.15, -0.1) is 0 Å². The fourth-order valence-corrected chi connectivity index (χ4v) is 8.81. The number of hydrogen-bond acceptors (Lipinski definition) is 3. The lowest BCUT2D eigenvalue weighted by Gasteiger charge is -2.32. The van der Waals surface area contributed by atoms with Crippen LogP contribution in [0.2, 0.25) is 0 Å². The Kier molecular flexibility index (Phi) is 46.0. The van der Waals surface area contributed by atoms with Gasteiger partial charge in [0, 0.05) is 0 Å². The van der Waals surface area contributed by atoms with Gasteiger partial charge in [-0.2, -0.15) is 0 Å². The van der Waals surface area contributed by atoms with Crippen molar-refractivity contribution in [2.24, 2.45) is 0 Å². The minimum Gasteiger partial charge on any atom is -0.786 e. The maximum absolute atomic E-state index is 13.5. The van der Waals surface area contributed by atoms with Crippen LogP contribution in [0.25, 0.3) is 0 Å². The van der Waals surface area contributed by atoms with Crippen LogP contribution in [-0.4, -0.2) is 12.2 Å². The van der Waals surface area contributed by atoms with Gasteiger partial charge in [-0.05, 0) is 25.7 Å². The van der Waals surface area contributed by atoms with E-state index in [4.69, 9.17) is 9.05 Å². The second kappa shape index (κ2) is 45.7. The molecule has 0 saturated heterocycles. The average molecular weight is 754 g/mol. The fourth-order valence-electron chi connectivity index (χ4n) is 7.85. The van der Waals surface area contributed by atoms with E-state index in [-0.39, 0.29) is 12.2 Å². The Morgan fingerprint density at radius 1 is 0.269 bits per heavy atom. The lowest BCUT2D eigenvalue weighted by molar-refractivity contribution is -0.213. The molecule has 4 heteroatoms. The van der Waals surface area contributed by atoms with Crippen molar-refractivity contribution in [3.8, 4) is 0 Å². The van der Waals surface area contributed by atoms with E-state index in [2.05, 4.69) is 27.7 Å². The Morgan fingerprint density at radius 3 is 0.596 bits per heavy atom. The molecule has 3 nitrogen and oxygen atoms in total. The van der Waals surface area contributed by atoms with Gasteiger partial charge >= 0.3 is 0 Å². The molecule has 0 aromatic carbocycles. The fraction of sp³-hybridized carbons (Fsp3) is 1.00. The Balaban J connectivity index is 4.77. The largest absolute Gasteiger partial charge is 0.786 e. The summed E-state index contributed by atoms with van der Waals surface area (Å²) in [5.74, 6) is 0. The summed E-state index contributed by atoms with van der Waals surface area (Å²) in [7, 11) is -2.06. The average Bonchev–Trinajstić information content (AvgIpc) is 3.14. The summed E-state index contributed by atoms with van der Waals surface area (Å²) in [6, 6.07) is 0. The van der Waals surface area contributed by atoms with Gasteiger partial charge in [0.05, 0.1) is 20.8 Å². The monoisotopic (exact) mass is 754 g/mol. The Bertz CT molecular complexity index is 579. The van der Waals surface area contributed by atoms with Crippen molar-refractivity contribution in [3.63, 3.8) is 0 Å². The third-order valence-electron chi connectivity index (χ3n) is 11.5. The van der Waals surface area contributed by atoms with Crippen LogP contribution in [0.3, 0.4) is 0 Å². The summed E-state index contributed by atoms with van der Waals surface area (Å²) >= 11 is 0. The van der Waals surface area contributed by atoms with Gasteiger partial charge in [-0.3, -0.25) is 0 Å². The van der Waals surface area contributed by atoms with Crippen LogP contribution < -0.4 is 4.89 Å². The highest BCUT2D eigenvalue weighted by atomic mass is 31.2. The predicted molar refractivity (Wildman–Crippen MR) is 233 cm³/mol. The van der Waals surface area contributed by atoms with Crippen molar-refractivity contribution < 1.29 is 13.9 Å². The summed E-state index contributed by atoms with van der Waals surface area (Å²) in [5, 5.41) is 0. The van der Waals surface area contributed by atoms with Crippen LogP contribution >= 0.6 is 8.60 Å². The van der Waals surface area contributed by atoms with Crippen LogP contribution in [-0.2, 0) is 9.05 Å². The predicted octanol–water partition coefficient (Wildman–Crippen LogP) is 17.8. The summed E-state index contributed by atoms with van der Waals surface area (Å²) in [6.45, 7) is 9.18. The molecule has 0 bridgehead atoms. The summed E-state index contributed by atoms with van der Waals surface area (Å²) in [4.78, 5) is 13.5. The number of unbranched alkanes of at least 4 members (excludes halogenated alkanes) is 34. The van der Waals surface area contributed by atoms with Crippen LogP contribution in [0, 0.1) is 0 Å². The minimum atomic E-state index is -2.06. The van der Waals surface area contributed by atoms with Crippen molar-refractivity contribution >= 4 is 8.60 Å². The second-order valence-corrected chi connectivity index (χ2v) is 17.7. The molecule has 0 aliphatic heterocycles. The Labute approximate surface area is 331 Å². The lowest BCUT2D eigenvalue weighted by atomic mass is 10.0. The van der Waals surface area contributed by atoms with Crippen molar-refractivity contribution in [3.05, 3.63) is 0 Å². The highest BCUT2D eigenvalue weighted by Crippen LogP contribution is 2.37. The van der Waals surface area contributed by atoms with Gasteiger partial charge < -0.3 is 13.9 Å². The molecule has 0 N–H and O–H groups in total. The topological polar surface area (TPSA) is 41.5 Å². The molecule has 0 aromatic heterocycles. The van der Waals surface area contributed by atoms with Crippen LogP contribution in [0.1, 0.15) is 297 Å². The Morgan fingerprint density at radius 2 is 0.423 bits per heavy atom. The molecule has 0 radical (unpaired) electrons. The number of rotatable bonds is 46. The SMILES string of the molecule is CCCCCCCCCCCCC(CCCCCCCCCCC)OP([O-])OC(CCCCCCCCCCC)CCCCCCCCCCCC. The van der Waals surface area contributed by atoms with Crippen molar-refractivity contribution in [1.82, 2.24) is 0 Å². The molecule has 314 valence electrons. The van der Waals surface area contributed by atoms with Gasteiger partial charge in [-0.25, -0.2) is 0 Å². The van der Waals surface area contributed by atoms with Gasteiger partial charge in [0.2, 0.25) is 0 Å². The molecule has 0 aliphatic carbocycles. The molecule has 0 saturated carbocycles. The molecule has 0 rings (SSSR count). The van der Waals surface area contributed by atoms with E-state index in [0.29, 0.717) is 0 Å². The van der Waals surface area contributed by atoms with E-state index in [1.807, 2.05) is 0 Å². The first-order chi connectivity index (χ1) is 25.7. The van der Waals surface area contributed by atoms with E-state index in [1.165, 1.54) is 244 Å². The molecule has 2 atom stereocenters. The first-order valence-corrected chi connectivity index (χ1v) is 25.6. The van der Waals surface area contributed by atoms with E-state index in [9.17, 15) is 4.89 Å². The minimum absolute atomic E-state index is 0.0906. The van der Waals surface area contributed by atoms with E-state index in [1.54, 1.807) is 0 Å². The maximum Gasteiger partial charge on any atom is 0.0836 e. The van der Waals surface area contributed by atoms with Crippen LogP contribution in [0.4, 0.5) is 0 Å². The zero-order valence-corrected chi connectivity index (χ0v) is 37.4. The van der Waals surface area contributed by atoms with Gasteiger partial charge in [0.1, 0.15) is 0 Å². The van der Waals surface area contributed by atoms with E-state index >= 15 is 0 Å². The smallest absolute Gasteiger partial charge is 0.0836 e. The van der Waals surface area contributed by atoms with Crippen molar-refractivity contribution in [1.29, 1.82) is 0 Å². The zero-order chi connectivity index (χ0) is 37.8. The molecular weight excluding hydrogens is 655 g/mol. The zero-order valence-electron chi connectivity index (χ0n) is 36.5. The molecule has 0 heterocycles. The molecular formula is C48H98O3P-. The summed E-state index contributed by atoms with van der Waals surface area (Å²) in [6.07, 6.45) is 55.5. The third kappa shape index (κ3) is 41.5. The molecule has 0 amide bonds. The van der Waals surface area contributed by atoms with Gasteiger partial charge in [0.15, 0.2) is 0 Å². The first kappa shape index (κ1) is 52.3. The Hall–Kier alpha value is 0.310. The molecule has 0 aliphatic rings. The summed E-state index contributed by atoms with van der Waals surface area (Å²) < 4.78 is 12.6. The van der Waals surface area contributed by atoms with Gasteiger partial charge in [-0.1, -0.05) is 272 Å². The van der Waals surface area contributed by atoms with Crippen molar-refractivity contribution in [2.75, 3.05) is 0 Å². The molecule has 0 aromatic rings. The molecule has 2 unspecified atom stereocenters. The third-order valence-corrected chi connectivity index (χ3v) is 12.4. The van der Waals surface area contributed by atoms with Crippen molar-refractivity contribution in [2.45, 2.75) is 310 Å². The first-order valence-electron chi connectivity index (χ1n) is 24.5. The molecule has 52 heavy (non-hydrogen) atoms. The highest BCUT2D eigenvalue weighted by Gasteiger charge is 2.16. The maximum atomic E-state index is 13.5. The lowest BCUT2D eigenvalue weighted by Crippen LogP contribution is -2.19. The van der Waals surface area contributed by atoms with E-state index < -0.39 is 8.60 Å². The van der Waals surface area contributed by atoms with Crippen LogP contribution in [0.5, 0.6) is 0 Å².